The summed E-state index contributed by atoms with van der Waals surface area (Å²) >= 11 is 2.53. The van der Waals surface area contributed by atoms with E-state index in [1.54, 1.807) is 32.9 Å². The van der Waals surface area contributed by atoms with E-state index in [1.807, 2.05) is 26.0 Å². The minimum Gasteiger partial charge on any atom is -0.504 e. The van der Waals surface area contributed by atoms with Crippen molar-refractivity contribution in [2.24, 2.45) is 0 Å². The van der Waals surface area contributed by atoms with Gasteiger partial charge in [-0.15, -0.1) is 11.3 Å². The number of ether oxygens (including phenoxy) is 1. The lowest BCUT2D eigenvalue weighted by molar-refractivity contribution is -0.117. The summed E-state index contributed by atoms with van der Waals surface area (Å²) in [5.74, 6) is -1.67. The van der Waals surface area contributed by atoms with Crippen LogP contribution in [0.3, 0.4) is 0 Å². The fourth-order valence-electron chi connectivity index (χ4n) is 4.65. The summed E-state index contributed by atoms with van der Waals surface area (Å²) in [6, 6.07) is 7.68. The number of nitrogens with zero attached hydrogens (tertiary/aromatic N) is 3. The first-order chi connectivity index (χ1) is 17.6. The van der Waals surface area contributed by atoms with E-state index in [1.165, 1.54) is 33.6 Å². The van der Waals surface area contributed by atoms with Crippen LogP contribution in [-0.2, 0) is 4.79 Å². The van der Waals surface area contributed by atoms with Gasteiger partial charge in [-0.2, -0.15) is 0 Å². The first-order valence-electron chi connectivity index (χ1n) is 11.7. The van der Waals surface area contributed by atoms with Crippen molar-refractivity contribution in [3.8, 4) is 11.5 Å². The highest BCUT2D eigenvalue weighted by atomic mass is 32.1. The van der Waals surface area contributed by atoms with Crippen LogP contribution in [0.25, 0.3) is 10.2 Å². The first kappa shape index (κ1) is 24.9. The van der Waals surface area contributed by atoms with Gasteiger partial charge in [0.2, 0.25) is 5.78 Å². The van der Waals surface area contributed by atoms with Gasteiger partial charge in [-0.3, -0.25) is 14.5 Å². The fourth-order valence-corrected chi connectivity index (χ4v) is 6.69. The molecule has 1 atom stereocenters. The normalized spacial score (nSPS) is 15.8. The maximum atomic E-state index is 13.8. The van der Waals surface area contributed by atoms with E-state index >= 15 is 0 Å². The Balaban J connectivity index is 1.72. The third-order valence-corrected chi connectivity index (χ3v) is 8.26. The number of rotatable bonds is 6. The van der Waals surface area contributed by atoms with Gasteiger partial charge in [-0.1, -0.05) is 23.5 Å². The molecule has 0 bridgehead atoms. The number of Topliss-reactive ketones (excluding diaryl/α,β-unsaturated/α-hetero) is 1. The summed E-state index contributed by atoms with van der Waals surface area (Å²) in [5.41, 5.74) is 3.76. The van der Waals surface area contributed by atoms with Crippen LogP contribution in [0.15, 0.2) is 41.7 Å². The minimum absolute atomic E-state index is 0.0583. The van der Waals surface area contributed by atoms with Crippen LogP contribution in [-0.4, -0.2) is 38.5 Å². The topological polar surface area (TPSA) is 113 Å². The molecule has 2 N–H and O–H groups in total. The molecule has 0 saturated carbocycles. The summed E-state index contributed by atoms with van der Waals surface area (Å²) < 4.78 is 6.47. The third-order valence-electron chi connectivity index (χ3n) is 6.19. The molecule has 1 amide bonds. The molecule has 10 heteroatoms. The molecule has 1 aliphatic rings. The SMILES string of the molecule is CCOc1cc(C2C(C(=O)c3sc(C)nc3C)=C(O)C(=O)N2c2nc3c(C)cc(C)cc3s2)ccc1O. The molecule has 0 spiro atoms. The highest BCUT2D eigenvalue weighted by molar-refractivity contribution is 7.22. The number of hydrogen-bond donors (Lipinski definition) is 2. The van der Waals surface area contributed by atoms with E-state index in [0.717, 1.165) is 21.3 Å². The van der Waals surface area contributed by atoms with Crippen LogP contribution in [0.5, 0.6) is 11.5 Å². The lowest BCUT2D eigenvalue weighted by Crippen LogP contribution is -2.31. The van der Waals surface area contributed by atoms with Gasteiger partial charge in [0.1, 0.15) is 0 Å². The number of carbonyl (C=O) groups excluding carboxylic acids is 2. The Morgan fingerprint density at radius 1 is 1.08 bits per heavy atom. The van der Waals surface area contributed by atoms with Gasteiger partial charge < -0.3 is 14.9 Å². The lowest BCUT2D eigenvalue weighted by Gasteiger charge is -2.25. The third kappa shape index (κ3) is 4.15. The number of phenols is 1. The van der Waals surface area contributed by atoms with Crippen molar-refractivity contribution in [3.63, 3.8) is 0 Å². The zero-order valence-corrected chi connectivity index (χ0v) is 22.6. The van der Waals surface area contributed by atoms with Gasteiger partial charge in [-0.25, -0.2) is 9.97 Å². The van der Waals surface area contributed by atoms with Gasteiger partial charge in [0.25, 0.3) is 5.91 Å². The van der Waals surface area contributed by atoms with Crippen molar-refractivity contribution < 1.29 is 24.5 Å². The van der Waals surface area contributed by atoms with Gasteiger partial charge in [-0.05, 0) is 69.5 Å². The predicted molar refractivity (Wildman–Crippen MR) is 144 cm³/mol. The van der Waals surface area contributed by atoms with E-state index in [4.69, 9.17) is 9.72 Å². The van der Waals surface area contributed by atoms with Gasteiger partial charge in [0.05, 0.1) is 44.0 Å². The molecular formula is C27H25N3O5S2. The molecule has 2 aromatic carbocycles. The molecule has 1 aliphatic heterocycles. The van der Waals surface area contributed by atoms with E-state index < -0.39 is 23.5 Å². The van der Waals surface area contributed by atoms with Crippen LogP contribution in [0.2, 0.25) is 0 Å². The summed E-state index contributed by atoms with van der Waals surface area (Å²) in [7, 11) is 0. The fraction of sp³-hybridized carbons (Fsp3) is 0.259. The largest absolute Gasteiger partial charge is 0.504 e. The summed E-state index contributed by atoms with van der Waals surface area (Å²) in [6.45, 7) is 9.57. The zero-order chi connectivity index (χ0) is 26.6. The van der Waals surface area contributed by atoms with Crippen molar-refractivity contribution >= 4 is 49.7 Å². The zero-order valence-electron chi connectivity index (χ0n) is 20.9. The van der Waals surface area contributed by atoms with Crippen molar-refractivity contribution in [2.75, 3.05) is 11.5 Å². The molecule has 3 heterocycles. The average Bonchev–Trinajstić information content (AvgIpc) is 3.49. The van der Waals surface area contributed by atoms with Gasteiger partial charge >= 0.3 is 0 Å². The number of aliphatic hydroxyl groups is 1. The van der Waals surface area contributed by atoms with Gasteiger partial charge in [0.15, 0.2) is 22.4 Å². The Bertz CT molecular complexity index is 1620. The molecule has 8 nitrogen and oxygen atoms in total. The Morgan fingerprint density at radius 3 is 2.51 bits per heavy atom. The molecule has 190 valence electrons. The van der Waals surface area contributed by atoms with Crippen LogP contribution < -0.4 is 9.64 Å². The molecule has 37 heavy (non-hydrogen) atoms. The molecule has 1 unspecified atom stereocenters. The maximum Gasteiger partial charge on any atom is 0.296 e. The van der Waals surface area contributed by atoms with Crippen LogP contribution in [0.4, 0.5) is 5.13 Å². The summed E-state index contributed by atoms with van der Waals surface area (Å²) in [5, 5.41) is 22.5. The average molecular weight is 536 g/mol. The van der Waals surface area contributed by atoms with Crippen LogP contribution in [0, 0.1) is 27.7 Å². The quantitative estimate of drug-likeness (QED) is 0.297. The number of amides is 1. The Labute approximate surface area is 221 Å². The summed E-state index contributed by atoms with van der Waals surface area (Å²) in [4.78, 5) is 38.2. The van der Waals surface area contributed by atoms with E-state index in [9.17, 15) is 19.8 Å². The number of carbonyl (C=O) groups is 2. The maximum absolute atomic E-state index is 13.8. The van der Waals surface area contributed by atoms with E-state index in [2.05, 4.69) is 4.98 Å². The molecule has 0 saturated heterocycles. The number of anilines is 1. The molecular weight excluding hydrogens is 510 g/mol. The molecule has 0 fully saturated rings. The number of ketones is 1. The molecule has 0 aliphatic carbocycles. The molecule has 5 rings (SSSR count). The lowest BCUT2D eigenvalue weighted by atomic mass is 9.95. The highest BCUT2D eigenvalue weighted by Crippen LogP contribution is 2.46. The number of phenolic OH excluding ortho intramolecular Hbond substituents is 1. The molecule has 4 aromatic rings. The Morgan fingerprint density at radius 2 is 1.84 bits per heavy atom. The second-order valence-electron chi connectivity index (χ2n) is 8.90. The number of hydrogen-bond acceptors (Lipinski definition) is 9. The van der Waals surface area contributed by atoms with E-state index in [0.29, 0.717) is 32.9 Å². The number of benzene rings is 2. The van der Waals surface area contributed by atoms with E-state index in [-0.39, 0.29) is 17.1 Å². The number of aryl methyl sites for hydroxylation is 4. The number of fused-ring (bicyclic) bond motifs is 1. The van der Waals surface area contributed by atoms with Gasteiger partial charge in [0, 0.05) is 0 Å². The molecule has 2 aromatic heterocycles. The smallest absolute Gasteiger partial charge is 0.296 e. The number of thiazole rings is 2. The van der Waals surface area contributed by atoms with Crippen molar-refractivity contribution in [1.29, 1.82) is 0 Å². The van der Waals surface area contributed by atoms with Crippen molar-refractivity contribution in [3.05, 3.63) is 73.9 Å². The monoisotopic (exact) mass is 535 g/mol. The first-order valence-corrected chi connectivity index (χ1v) is 13.3. The summed E-state index contributed by atoms with van der Waals surface area (Å²) in [6.07, 6.45) is 0. The van der Waals surface area contributed by atoms with Crippen molar-refractivity contribution in [1.82, 2.24) is 9.97 Å². The Kier molecular flexibility index (Phi) is 6.25. The minimum atomic E-state index is -0.983. The highest BCUT2D eigenvalue weighted by Gasteiger charge is 2.46. The number of aromatic nitrogens is 2. The Hall–Kier alpha value is -3.76. The standard InChI is InChI=1S/C27H25N3O5S2/c1-6-35-18-11-16(7-8-17(18)31)22-20(23(32)25-14(4)28-15(5)36-25)24(33)26(34)30(22)27-29-21-13(3)9-12(2)10-19(21)37-27/h7-11,22,31,33H,6H2,1-5H3. The second kappa shape index (κ2) is 9.28. The van der Waals surface area contributed by atoms with Crippen LogP contribution >= 0.6 is 22.7 Å². The second-order valence-corrected chi connectivity index (χ2v) is 11.1. The predicted octanol–water partition coefficient (Wildman–Crippen LogP) is 5.87. The number of aliphatic hydroxyl groups excluding tert-OH is 1. The van der Waals surface area contributed by atoms with Crippen LogP contribution in [0.1, 0.15) is 50.0 Å². The number of aromatic hydroxyl groups is 1. The van der Waals surface area contributed by atoms with Crippen molar-refractivity contribution in [2.45, 2.75) is 40.7 Å². The molecule has 0 radical (unpaired) electrons.